The van der Waals surface area contributed by atoms with Crippen LogP contribution in [-0.4, -0.2) is 38.4 Å². The predicted octanol–water partition coefficient (Wildman–Crippen LogP) is 3.43. The second kappa shape index (κ2) is 8.11. The van der Waals surface area contributed by atoms with E-state index in [1.54, 1.807) is 6.07 Å². The number of amides is 1. The molecule has 0 radical (unpaired) electrons. The Kier molecular flexibility index (Phi) is 5.95. The van der Waals surface area contributed by atoms with Gasteiger partial charge in [0.2, 0.25) is 10.0 Å². The summed E-state index contributed by atoms with van der Waals surface area (Å²) < 4.78 is 78.9. The quantitative estimate of drug-likeness (QED) is 0.756. The number of sulfonamides is 1. The van der Waals surface area contributed by atoms with E-state index < -0.39 is 39.5 Å². The Labute approximate surface area is 165 Å². The van der Waals surface area contributed by atoms with E-state index in [4.69, 9.17) is 0 Å². The van der Waals surface area contributed by atoms with Gasteiger partial charge in [0.1, 0.15) is 5.82 Å². The minimum atomic E-state index is -4.55. The van der Waals surface area contributed by atoms with Crippen molar-refractivity contribution in [2.45, 2.75) is 30.0 Å². The van der Waals surface area contributed by atoms with Crippen LogP contribution < -0.4 is 4.72 Å². The molecule has 5 nitrogen and oxygen atoms in total. The number of halogens is 4. The number of carbonyl (C=O) groups is 1. The summed E-state index contributed by atoms with van der Waals surface area (Å²) in [6.45, 7) is 0.459. The summed E-state index contributed by atoms with van der Waals surface area (Å²) in [5.74, 6) is -1.09. The maximum atomic E-state index is 13.8. The van der Waals surface area contributed by atoms with Gasteiger partial charge < -0.3 is 4.90 Å². The number of piperidine rings is 1. The third-order valence-electron chi connectivity index (χ3n) is 4.70. The summed E-state index contributed by atoms with van der Waals surface area (Å²) in [4.78, 5) is 13.6. The van der Waals surface area contributed by atoms with Crippen LogP contribution in [0.15, 0.2) is 53.4 Å². The highest BCUT2D eigenvalue weighted by Gasteiger charge is 2.31. The number of carbonyl (C=O) groups excluding carboxylic acids is 1. The minimum Gasteiger partial charge on any atom is -0.338 e. The molecular weight excluding hydrogens is 412 g/mol. The number of hydrogen-bond acceptors (Lipinski definition) is 3. The Hall–Kier alpha value is -2.46. The fourth-order valence-corrected chi connectivity index (χ4v) is 4.42. The van der Waals surface area contributed by atoms with E-state index in [1.165, 1.54) is 23.1 Å². The van der Waals surface area contributed by atoms with E-state index >= 15 is 0 Å². The Morgan fingerprint density at radius 1 is 1.00 bits per heavy atom. The fourth-order valence-electron chi connectivity index (χ4n) is 3.12. The lowest BCUT2D eigenvalue weighted by atomic mass is 10.0. The van der Waals surface area contributed by atoms with Crippen molar-refractivity contribution in [2.75, 3.05) is 13.1 Å². The molecule has 1 aliphatic heterocycles. The van der Waals surface area contributed by atoms with Gasteiger partial charge in [0.25, 0.3) is 5.91 Å². The van der Waals surface area contributed by atoms with Crippen LogP contribution >= 0.6 is 0 Å². The molecule has 0 aromatic heterocycles. The molecule has 0 spiro atoms. The largest absolute Gasteiger partial charge is 0.416 e. The normalized spacial score (nSPS) is 16.1. The summed E-state index contributed by atoms with van der Waals surface area (Å²) in [6.07, 6.45) is -3.94. The fraction of sp³-hybridized carbons (Fsp3) is 0.316. The Bertz CT molecular complexity index is 983. The van der Waals surface area contributed by atoms with Gasteiger partial charge in [-0.15, -0.1) is 0 Å². The van der Waals surface area contributed by atoms with Gasteiger partial charge in [-0.25, -0.2) is 17.5 Å². The Balaban J connectivity index is 1.61. The lowest BCUT2D eigenvalue weighted by Crippen LogP contribution is -2.46. The van der Waals surface area contributed by atoms with Crippen LogP contribution in [0.3, 0.4) is 0 Å². The zero-order chi connectivity index (χ0) is 21.2. The van der Waals surface area contributed by atoms with Gasteiger partial charge in [-0.2, -0.15) is 13.2 Å². The number of likely N-dealkylation sites (tertiary alicyclic amines) is 1. The highest BCUT2D eigenvalue weighted by Crippen LogP contribution is 2.29. The third kappa shape index (κ3) is 4.94. The SMILES string of the molecule is O=C(c1ccccc1F)N1CCC(NS(=O)(=O)c2ccc(C(F)(F)F)cc2)CC1. The molecule has 2 aromatic rings. The van der Waals surface area contributed by atoms with Gasteiger partial charge in [0.05, 0.1) is 16.0 Å². The maximum absolute atomic E-state index is 13.8. The highest BCUT2D eigenvalue weighted by molar-refractivity contribution is 7.89. The summed E-state index contributed by atoms with van der Waals surface area (Å²) in [6, 6.07) is 8.37. The van der Waals surface area contributed by atoms with Crippen molar-refractivity contribution in [3.05, 3.63) is 65.5 Å². The maximum Gasteiger partial charge on any atom is 0.416 e. The first kappa shape index (κ1) is 21.3. The van der Waals surface area contributed by atoms with Gasteiger partial charge in [-0.1, -0.05) is 12.1 Å². The molecule has 1 aliphatic rings. The van der Waals surface area contributed by atoms with Gasteiger partial charge in [0, 0.05) is 19.1 Å². The molecule has 156 valence electrons. The molecule has 10 heteroatoms. The minimum absolute atomic E-state index is 0.0451. The van der Waals surface area contributed by atoms with E-state index in [1.807, 2.05) is 0 Å². The number of nitrogens with zero attached hydrogens (tertiary/aromatic N) is 1. The van der Waals surface area contributed by atoms with Gasteiger partial charge in [-0.3, -0.25) is 4.79 Å². The van der Waals surface area contributed by atoms with Crippen LogP contribution in [-0.2, 0) is 16.2 Å². The van der Waals surface area contributed by atoms with Crippen LogP contribution in [0.25, 0.3) is 0 Å². The van der Waals surface area contributed by atoms with Crippen molar-refractivity contribution in [1.82, 2.24) is 9.62 Å². The molecule has 1 fully saturated rings. The van der Waals surface area contributed by atoms with Crippen molar-refractivity contribution in [3.63, 3.8) is 0 Å². The first-order chi connectivity index (χ1) is 13.6. The van der Waals surface area contributed by atoms with E-state index in [-0.39, 0.29) is 23.5 Å². The zero-order valence-electron chi connectivity index (χ0n) is 15.1. The van der Waals surface area contributed by atoms with Crippen molar-refractivity contribution in [1.29, 1.82) is 0 Å². The number of rotatable bonds is 4. The Morgan fingerprint density at radius 3 is 2.14 bits per heavy atom. The molecule has 3 rings (SSSR count). The van der Waals surface area contributed by atoms with E-state index in [0.29, 0.717) is 25.0 Å². The predicted molar refractivity (Wildman–Crippen MR) is 97.1 cm³/mol. The number of alkyl halides is 3. The third-order valence-corrected chi connectivity index (χ3v) is 6.24. The van der Waals surface area contributed by atoms with Gasteiger partial charge in [-0.05, 0) is 49.2 Å². The zero-order valence-corrected chi connectivity index (χ0v) is 15.9. The number of hydrogen-bond donors (Lipinski definition) is 1. The molecule has 2 aromatic carbocycles. The van der Waals surface area contributed by atoms with Crippen molar-refractivity contribution in [2.24, 2.45) is 0 Å². The summed E-state index contributed by atoms with van der Waals surface area (Å²) in [7, 11) is -4.00. The average molecular weight is 430 g/mol. The molecule has 0 saturated carbocycles. The first-order valence-electron chi connectivity index (χ1n) is 8.81. The molecule has 1 heterocycles. The molecule has 0 atom stereocenters. The lowest BCUT2D eigenvalue weighted by Gasteiger charge is -2.32. The van der Waals surface area contributed by atoms with Crippen LogP contribution in [0, 0.1) is 5.82 Å². The molecule has 0 bridgehead atoms. The van der Waals surface area contributed by atoms with Crippen LogP contribution in [0.4, 0.5) is 17.6 Å². The van der Waals surface area contributed by atoms with Crippen molar-refractivity contribution in [3.8, 4) is 0 Å². The van der Waals surface area contributed by atoms with E-state index in [9.17, 15) is 30.8 Å². The summed E-state index contributed by atoms with van der Waals surface area (Å²) in [5, 5.41) is 0. The molecule has 1 saturated heterocycles. The summed E-state index contributed by atoms with van der Waals surface area (Å²) >= 11 is 0. The number of nitrogens with one attached hydrogen (secondary N) is 1. The molecule has 1 amide bonds. The van der Waals surface area contributed by atoms with Gasteiger partial charge >= 0.3 is 6.18 Å². The molecule has 0 aliphatic carbocycles. The second-order valence-corrected chi connectivity index (χ2v) is 8.40. The lowest BCUT2D eigenvalue weighted by molar-refractivity contribution is -0.137. The van der Waals surface area contributed by atoms with Crippen molar-refractivity contribution >= 4 is 15.9 Å². The van der Waals surface area contributed by atoms with Crippen LogP contribution in [0.2, 0.25) is 0 Å². The topological polar surface area (TPSA) is 66.5 Å². The second-order valence-electron chi connectivity index (χ2n) is 6.69. The molecule has 29 heavy (non-hydrogen) atoms. The smallest absolute Gasteiger partial charge is 0.338 e. The van der Waals surface area contributed by atoms with E-state index in [0.717, 1.165) is 12.1 Å². The first-order valence-corrected chi connectivity index (χ1v) is 10.3. The monoisotopic (exact) mass is 430 g/mol. The number of benzene rings is 2. The molecular formula is C19H18F4N2O3S. The molecule has 1 N–H and O–H groups in total. The molecule has 0 unspecified atom stereocenters. The van der Waals surface area contributed by atoms with Gasteiger partial charge in [0.15, 0.2) is 0 Å². The van der Waals surface area contributed by atoms with Crippen LogP contribution in [0.1, 0.15) is 28.8 Å². The summed E-state index contributed by atoms with van der Waals surface area (Å²) in [5.41, 5.74) is -0.979. The van der Waals surface area contributed by atoms with Crippen molar-refractivity contribution < 1.29 is 30.8 Å². The highest BCUT2D eigenvalue weighted by atomic mass is 32.2. The van der Waals surface area contributed by atoms with E-state index in [2.05, 4.69) is 4.72 Å². The average Bonchev–Trinajstić information content (AvgIpc) is 2.67. The van der Waals surface area contributed by atoms with Crippen LogP contribution in [0.5, 0.6) is 0 Å². The standard InChI is InChI=1S/C19H18F4N2O3S/c20-17-4-2-1-3-16(17)18(26)25-11-9-14(10-12-25)24-29(27,28)15-7-5-13(6-8-15)19(21,22)23/h1-8,14,24H,9-12H2. The Morgan fingerprint density at radius 2 is 1.59 bits per heavy atom.